The standard InChI is InChI=1S/C15H16FNO4/c16-10-3-1-2-9-8(10)4-5-11(9)17-14(18)12-6-7-13(21-12)15(19)20/h1-3,11-13H,4-7H2,(H,17,18)(H,19,20)/t11?,12-,13+/m0/s1. The number of aliphatic carboxylic acids is 1. The monoisotopic (exact) mass is 293 g/mol. The van der Waals surface area contributed by atoms with Gasteiger partial charge in [-0.1, -0.05) is 12.1 Å². The van der Waals surface area contributed by atoms with Crippen LogP contribution in [0.4, 0.5) is 4.39 Å². The van der Waals surface area contributed by atoms with Crippen molar-refractivity contribution in [2.45, 2.75) is 43.9 Å². The molecule has 0 aromatic heterocycles. The summed E-state index contributed by atoms with van der Waals surface area (Å²) in [5.74, 6) is -1.60. The van der Waals surface area contributed by atoms with Crippen molar-refractivity contribution in [1.29, 1.82) is 0 Å². The Morgan fingerprint density at radius 1 is 1.24 bits per heavy atom. The smallest absolute Gasteiger partial charge is 0.332 e. The van der Waals surface area contributed by atoms with Gasteiger partial charge in [0.15, 0.2) is 6.10 Å². The van der Waals surface area contributed by atoms with Crippen molar-refractivity contribution in [3.63, 3.8) is 0 Å². The van der Waals surface area contributed by atoms with Gasteiger partial charge in [0.25, 0.3) is 0 Å². The average Bonchev–Trinajstić information content (AvgIpc) is 3.07. The molecule has 1 amide bonds. The largest absolute Gasteiger partial charge is 0.479 e. The first kappa shape index (κ1) is 14.0. The van der Waals surface area contributed by atoms with E-state index in [1.807, 2.05) is 6.07 Å². The number of carbonyl (C=O) groups excluding carboxylic acids is 1. The summed E-state index contributed by atoms with van der Waals surface area (Å²) in [6.45, 7) is 0. The number of carbonyl (C=O) groups is 2. The van der Waals surface area contributed by atoms with Crippen LogP contribution in [0.3, 0.4) is 0 Å². The fourth-order valence-electron chi connectivity index (χ4n) is 3.04. The minimum absolute atomic E-state index is 0.226. The van der Waals surface area contributed by atoms with Crippen LogP contribution in [0.25, 0.3) is 0 Å². The maximum absolute atomic E-state index is 13.6. The Morgan fingerprint density at radius 3 is 2.71 bits per heavy atom. The Morgan fingerprint density at radius 2 is 2.00 bits per heavy atom. The van der Waals surface area contributed by atoms with E-state index in [1.54, 1.807) is 6.07 Å². The lowest BCUT2D eigenvalue weighted by atomic mass is 10.1. The molecule has 6 heteroatoms. The van der Waals surface area contributed by atoms with Gasteiger partial charge in [-0.05, 0) is 42.9 Å². The maximum Gasteiger partial charge on any atom is 0.332 e. The molecule has 1 unspecified atom stereocenters. The molecule has 2 N–H and O–H groups in total. The van der Waals surface area contributed by atoms with Crippen LogP contribution in [0.15, 0.2) is 18.2 Å². The minimum Gasteiger partial charge on any atom is -0.479 e. The highest BCUT2D eigenvalue weighted by atomic mass is 19.1. The summed E-state index contributed by atoms with van der Waals surface area (Å²) < 4.78 is 18.9. The van der Waals surface area contributed by atoms with E-state index < -0.39 is 18.2 Å². The third-order valence-electron chi connectivity index (χ3n) is 4.12. The molecule has 1 heterocycles. The van der Waals surface area contributed by atoms with Gasteiger partial charge in [0.1, 0.15) is 11.9 Å². The summed E-state index contributed by atoms with van der Waals surface area (Å²) in [5, 5.41) is 11.7. The van der Waals surface area contributed by atoms with Gasteiger partial charge in [-0.3, -0.25) is 4.79 Å². The summed E-state index contributed by atoms with van der Waals surface area (Å²) in [4.78, 5) is 23.0. The first-order valence-corrected chi connectivity index (χ1v) is 7.02. The minimum atomic E-state index is -1.04. The van der Waals surface area contributed by atoms with Gasteiger partial charge in [0, 0.05) is 0 Å². The van der Waals surface area contributed by atoms with Crippen LogP contribution in [-0.4, -0.2) is 29.2 Å². The molecular formula is C15H16FNO4. The van der Waals surface area contributed by atoms with Crippen LogP contribution >= 0.6 is 0 Å². The van der Waals surface area contributed by atoms with E-state index in [-0.39, 0.29) is 17.8 Å². The molecule has 5 nitrogen and oxygen atoms in total. The lowest BCUT2D eigenvalue weighted by molar-refractivity contribution is -0.151. The molecule has 2 aliphatic rings. The highest BCUT2D eigenvalue weighted by molar-refractivity contribution is 5.83. The summed E-state index contributed by atoms with van der Waals surface area (Å²) in [6, 6.07) is 4.63. The highest BCUT2D eigenvalue weighted by Crippen LogP contribution is 2.33. The summed E-state index contributed by atoms with van der Waals surface area (Å²) in [5.41, 5.74) is 1.45. The number of hydrogen-bond donors (Lipinski definition) is 2. The Kier molecular flexibility index (Phi) is 3.63. The molecule has 1 aliphatic carbocycles. The van der Waals surface area contributed by atoms with Crippen LogP contribution in [0.2, 0.25) is 0 Å². The zero-order chi connectivity index (χ0) is 15.0. The van der Waals surface area contributed by atoms with E-state index in [0.29, 0.717) is 31.2 Å². The summed E-state index contributed by atoms with van der Waals surface area (Å²) in [7, 11) is 0. The molecule has 112 valence electrons. The maximum atomic E-state index is 13.6. The number of carboxylic acid groups (broad SMARTS) is 1. The van der Waals surface area contributed by atoms with Crippen molar-refractivity contribution < 1.29 is 23.8 Å². The van der Waals surface area contributed by atoms with Crippen molar-refractivity contribution in [1.82, 2.24) is 5.32 Å². The SMILES string of the molecule is O=C(NC1CCc2c(F)cccc21)[C@@H]1CC[C@H](C(=O)O)O1. The Balaban J connectivity index is 1.65. The number of amides is 1. The van der Waals surface area contributed by atoms with Gasteiger partial charge in [-0.25, -0.2) is 9.18 Å². The molecule has 1 aromatic rings. The summed E-state index contributed by atoms with van der Waals surface area (Å²) in [6.07, 6.45) is 0.333. The van der Waals surface area contributed by atoms with Crippen molar-refractivity contribution in [3.05, 3.63) is 35.1 Å². The first-order valence-electron chi connectivity index (χ1n) is 7.02. The quantitative estimate of drug-likeness (QED) is 0.887. The number of rotatable bonds is 3. The topological polar surface area (TPSA) is 75.6 Å². The number of hydrogen-bond acceptors (Lipinski definition) is 3. The number of fused-ring (bicyclic) bond motifs is 1. The van der Waals surface area contributed by atoms with E-state index >= 15 is 0 Å². The molecule has 1 saturated heterocycles. The zero-order valence-electron chi connectivity index (χ0n) is 11.3. The van der Waals surface area contributed by atoms with E-state index in [9.17, 15) is 14.0 Å². The molecule has 0 spiro atoms. The Hall–Kier alpha value is -1.95. The Bertz CT molecular complexity index is 589. The molecule has 21 heavy (non-hydrogen) atoms. The van der Waals surface area contributed by atoms with Gasteiger partial charge in [0.05, 0.1) is 6.04 Å². The lowest BCUT2D eigenvalue weighted by Crippen LogP contribution is -2.37. The van der Waals surface area contributed by atoms with E-state index in [1.165, 1.54) is 6.07 Å². The zero-order valence-corrected chi connectivity index (χ0v) is 11.3. The van der Waals surface area contributed by atoms with E-state index in [4.69, 9.17) is 9.84 Å². The van der Waals surface area contributed by atoms with Crippen molar-refractivity contribution in [2.75, 3.05) is 0 Å². The highest BCUT2D eigenvalue weighted by Gasteiger charge is 2.36. The van der Waals surface area contributed by atoms with Gasteiger partial charge in [0.2, 0.25) is 5.91 Å². The van der Waals surface area contributed by atoms with Crippen molar-refractivity contribution >= 4 is 11.9 Å². The predicted molar refractivity (Wildman–Crippen MR) is 71.1 cm³/mol. The first-order chi connectivity index (χ1) is 10.1. The number of benzene rings is 1. The number of carboxylic acids is 1. The van der Waals surface area contributed by atoms with Crippen molar-refractivity contribution in [3.8, 4) is 0 Å². The second kappa shape index (κ2) is 5.44. The number of halogens is 1. The molecule has 0 bridgehead atoms. The Labute approximate surface area is 121 Å². The average molecular weight is 293 g/mol. The third kappa shape index (κ3) is 2.63. The molecule has 1 aromatic carbocycles. The van der Waals surface area contributed by atoms with Crippen LogP contribution in [0.1, 0.15) is 36.4 Å². The molecule has 0 saturated carbocycles. The second-order valence-corrected chi connectivity index (χ2v) is 5.44. The molecule has 1 fully saturated rings. The molecule has 3 atom stereocenters. The third-order valence-corrected chi connectivity index (χ3v) is 4.12. The second-order valence-electron chi connectivity index (χ2n) is 5.44. The summed E-state index contributed by atoms with van der Waals surface area (Å²) >= 11 is 0. The van der Waals surface area contributed by atoms with Crippen molar-refractivity contribution in [2.24, 2.45) is 0 Å². The normalized spacial score (nSPS) is 27.4. The van der Waals surface area contributed by atoms with Crippen LogP contribution < -0.4 is 5.32 Å². The molecular weight excluding hydrogens is 277 g/mol. The van der Waals surface area contributed by atoms with Crippen LogP contribution in [-0.2, 0) is 20.7 Å². The van der Waals surface area contributed by atoms with Gasteiger partial charge in [-0.15, -0.1) is 0 Å². The number of nitrogens with one attached hydrogen (secondary N) is 1. The fourth-order valence-corrected chi connectivity index (χ4v) is 3.04. The van der Waals surface area contributed by atoms with Crippen LogP contribution in [0, 0.1) is 5.82 Å². The van der Waals surface area contributed by atoms with Gasteiger partial charge >= 0.3 is 5.97 Å². The van der Waals surface area contributed by atoms with Crippen LogP contribution in [0.5, 0.6) is 0 Å². The van der Waals surface area contributed by atoms with E-state index in [2.05, 4.69) is 5.32 Å². The van der Waals surface area contributed by atoms with Gasteiger partial charge in [-0.2, -0.15) is 0 Å². The molecule has 1 aliphatic heterocycles. The molecule has 0 radical (unpaired) electrons. The molecule has 3 rings (SSSR count). The number of ether oxygens (including phenoxy) is 1. The van der Waals surface area contributed by atoms with E-state index in [0.717, 1.165) is 5.56 Å². The lowest BCUT2D eigenvalue weighted by Gasteiger charge is -2.17. The van der Waals surface area contributed by atoms with Gasteiger partial charge < -0.3 is 15.2 Å². The fraction of sp³-hybridized carbons (Fsp3) is 0.467. The predicted octanol–water partition coefficient (Wildman–Crippen LogP) is 1.56.